The average molecular weight is 390 g/mol. The van der Waals surface area contributed by atoms with Gasteiger partial charge >= 0.3 is 0 Å². The van der Waals surface area contributed by atoms with Crippen molar-refractivity contribution in [3.05, 3.63) is 65.4 Å². The molecule has 2 amide bonds. The van der Waals surface area contributed by atoms with Gasteiger partial charge in [0.1, 0.15) is 11.4 Å². The van der Waals surface area contributed by atoms with Crippen molar-refractivity contribution in [1.82, 2.24) is 4.90 Å². The van der Waals surface area contributed by atoms with E-state index in [0.717, 1.165) is 31.5 Å². The van der Waals surface area contributed by atoms with Gasteiger partial charge in [-0.15, -0.1) is 0 Å². The number of carbonyl (C=O) groups is 2. The number of nitrogens with zero attached hydrogens (tertiary/aromatic N) is 2. The number of methoxy groups -OCH3 is 1. The molecule has 0 spiro atoms. The van der Waals surface area contributed by atoms with Gasteiger partial charge in [0.2, 0.25) is 0 Å². The van der Waals surface area contributed by atoms with E-state index < -0.39 is 0 Å². The van der Waals surface area contributed by atoms with Crippen molar-refractivity contribution < 1.29 is 14.3 Å². The van der Waals surface area contributed by atoms with Gasteiger partial charge in [-0.1, -0.05) is 37.3 Å². The molecule has 0 N–H and O–H groups in total. The van der Waals surface area contributed by atoms with Crippen LogP contribution in [-0.4, -0.2) is 36.9 Å². The summed E-state index contributed by atoms with van der Waals surface area (Å²) in [6, 6.07) is 14.9. The van der Waals surface area contributed by atoms with Crippen LogP contribution in [0.4, 0.5) is 5.69 Å². The number of amides is 2. The Bertz CT molecular complexity index is 987. The Kier molecular flexibility index (Phi) is 5.14. The number of benzene rings is 2. The zero-order chi connectivity index (χ0) is 20.5. The molecule has 1 saturated heterocycles. The molecular formula is C24H26N2O3. The van der Waals surface area contributed by atoms with Crippen molar-refractivity contribution in [1.29, 1.82) is 0 Å². The minimum Gasteiger partial charge on any atom is -0.496 e. The molecule has 0 saturated carbocycles. The van der Waals surface area contributed by atoms with Crippen LogP contribution in [0.25, 0.3) is 5.57 Å². The first-order valence-electron chi connectivity index (χ1n) is 10.1. The van der Waals surface area contributed by atoms with Crippen molar-refractivity contribution in [2.45, 2.75) is 26.7 Å². The Morgan fingerprint density at radius 3 is 2.38 bits per heavy atom. The van der Waals surface area contributed by atoms with E-state index >= 15 is 0 Å². The summed E-state index contributed by atoms with van der Waals surface area (Å²) in [4.78, 5) is 30.5. The highest BCUT2D eigenvalue weighted by atomic mass is 16.5. The Morgan fingerprint density at radius 2 is 1.69 bits per heavy atom. The Balaban J connectivity index is 1.85. The normalized spacial score (nSPS) is 18.0. The van der Waals surface area contributed by atoms with Crippen LogP contribution in [0.5, 0.6) is 5.75 Å². The SMILES string of the molecule is COc1ccccc1C1=C(N2CCC(C)CC2)C(=O)N(c2cccc(C)c2)C1=O. The monoisotopic (exact) mass is 390 g/mol. The third kappa shape index (κ3) is 3.41. The largest absolute Gasteiger partial charge is 0.496 e. The molecule has 2 aromatic rings. The van der Waals surface area contributed by atoms with Crippen LogP contribution >= 0.6 is 0 Å². The fraction of sp³-hybridized carbons (Fsp3) is 0.333. The molecule has 2 aliphatic heterocycles. The molecule has 29 heavy (non-hydrogen) atoms. The summed E-state index contributed by atoms with van der Waals surface area (Å²) in [5.41, 5.74) is 3.20. The van der Waals surface area contributed by atoms with Gasteiger partial charge in [-0.05, 0) is 49.4 Å². The lowest BCUT2D eigenvalue weighted by atomic mass is 9.97. The zero-order valence-corrected chi connectivity index (χ0v) is 17.1. The van der Waals surface area contributed by atoms with Gasteiger partial charge in [-0.2, -0.15) is 0 Å². The molecule has 0 atom stereocenters. The second-order valence-corrected chi connectivity index (χ2v) is 7.88. The second kappa shape index (κ2) is 7.74. The summed E-state index contributed by atoms with van der Waals surface area (Å²) >= 11 is 0. The molecule has 5 nitrogen and oxygen atoms in total. The van der Waals surface area contributed by atoms with E-state index in [2.05, 4.69) is 11.8 Å². The van der Waals surface area contributed by atoms with E-state index in [-0.39, 0.29) is 11.8 Å². The van der Waals surface area contributed by atoms with Gasteiger partial charge in [-0.3, -0.25) is 9.59 Å². The van der Waals surface area contributed by atoms with Crippen molar-refractivity contribution in [2.24, 2.45) is 5.92 Å². The van der Waals surface area contributed by atoms with Crippen LogP contribution in [0.2, 0.25) is 0 Å². The van der Waals surface area contributed by atoms with E-state index in [1.807, 2.05) is 55.5 Å². The summed E-state index contributed by atoms with van der Waals surface area (Å²) in [5.74, 6) is 0.675. The smallest absolute Gasteiger partial charge is 0.282 e. The predicted octanol–water partition coefficient (Wildman–Crippen LogP) is 4.02. The Hall–Kier alpha value is -3.08. The molecule has 0 radical (unpaired) electrons. The first-order valence-corrected chi connectivity index (χ1v) is 10.1. The van der Waals surface area contributed by atoms with Crippen LogP contribution in [0.15, 0.2) is 54.2 Å². The van der Waals surface area contributed by atoms with Crippen LogP contribution in [0, 0.1) is 12.8 Å². The minimum absolute atomic E-state index is 0.254. The molecule has 2 aliphatic rings. The molecule has 0 aliphatic carbocycles. The highest BCUT2D eigenvalue weighted by Crippen LogP contribution is 2.39. The van der Waals surface area contributed by atoms with Crippen molar-refractivity contribution in [2.75, 3.05) is 25.1 Å². The number of piperidine rings is 1. The van der Waals surface area contributed by atoms with Crippen LogP contribution < -0.4 is 9.64 Å². The van der Waals surface area contributed by atoms with Crippen molar-refractivity contribution in [3.8, 4) is 5.75 Å². The molecule has 150 valence electrons. The molecule has 0 unspecified atom stereocenters. The van der Waals surface area contributed by atoms with Gasteiger partial charge in [0.15, 0.2) is 0 Å². The van der Waals surface area contributed by atoms with Crippen LogP contribution in [0.1, 0.15) is 30.9 Å². The topological polar surface area (TPSA) is 49.9 Å². The third-order valence-corrected chi connectivity index (χ3v) is 5.80. The van der Waals surface area contributed by atoms with Gasteiger partial charge in [0, 0.05) is 18.7 Å². The fourth-order valence-electron chi connectivity index (χ4n) is 4.14. The lowest BCUT2D eigenvalue weighted by molar-refractivity contribution is -0.120. The lowest BCUT2D eigenvalue weighted by Gasteiger charge is -2.32. The summed E-state index contributed by atoms with van der Waals surface area (Å²) in [7, 11) is 1.58. The molecule has 2 aromatic carbocycles. The third-order valence-electron chi connectivity index (χ3n) is 5.80. The molecule has 4 rings (SSSR count). The quantitative estimate of drug-likeness (QED) is 0.740. The number of carbonyl (C=O) groups excluding carboxylic acids is 2. The zero-order valence-electron chi connectivity index (χ0n) is 17.1. The second-order valence-electron chi connectivity index (χ2n) is 7.88. The number of imide groups is 1. The molecule has 2 heterocycles. The fourth-order valence-corrected chi connectivity index (χ4v) is 4.14. The van der Waals surface area contributed by atoms with Gasteiger partial charge in [0.25, 0.3) is 11.8 Å². The first-order chi connectivity index (χ1) is 14.0. The summed E-state index contributed by atoms with van der Waals surface area (Å²) in [6.45, 7) is 5.73. The van der Waals surface area contributed by atoms with E-state index in [1.54, 1.807) is 7.11 Å². The average Bonchev–Trinajstić information content (AvgIpc) is 2.98. The number of hydrogen-bond acceptors (Lipinski definition) is 4. The van der Waals surface area contributed by atoms with Gasteiger partial charge in [-0.25, -0.2) is 4.90 Å². The summed E-state index contributed by atoms with van der Waals surface area (Å²) in [6.07, 6.45) is 2.02. The number of hydrogen-bond donors (Lipinski definition) is 0. The number of ether oxygens (including phenoxy) is 1. The van der Waals surface area contributed by atoms with Gasteiger partial charge < -0.3 is 9.64 Å². The summed E-state index contributed by atoms with van der Waals surface area (Å²) < 4.78 is 5.52. The first kappa shape index (κ1) is 19.2. The van der Waals surface area contributed by atoms with E-state index in [9.17, 15) is 9.59 Å². The van der Waals surface area contributed by atoms with Crippen molar-refractivity contribution >= 4 is 23.1 Å². The van der Waals surface area contributed by atoms with Crippen molar-refractivity contribution in [3.63, 3.8) is 0 Å². The number of anilines is 1. The van der Waals surface area contributed by atoms with Crippen LogP contribution in [-0.2, 0) is 9.59 Å². The predicted molar refractivity (Wildman–Crippen MR) is 114 cm³/mol. The minimum atomic E-state index is -0.293. The maximum Gasteiger partial charge on any atom is 0.282 e. The van der Waals surface area contributed by atoms with Crippen LogP contribution in [0.3, 0.4) is 0 Å². The molecule has 1 fully saturated rings. The molecule has 0 aromatic heterocycles. The highest BCUT2D eigenvalue weighted by Gasteiger charge is 2.43. The molecule has 0 bridgehead atoms. The molecule has 5 heteroatoms. The van der Waals surface area contributed by atoms with E-state index in [1.165, 1.54) is 4.90 Å². The highest BCUT2D eigenvalue weighted by molar-refractivity contribution is 6.45. The molecular weight excluding hydrogens is 364 g/mol. The van der Waals surface area contributed by atoms with Gasteiger partial charge in [0.05, 0.1) is 18.4 Å². The van der Waals surface area contributed by atoms with E-state index in [0.29, 0.717) is 34.2 Å². The number of aryl methyl sites for hydroxylation is 1. The Morgan fingerprint density at radius 1 is 0.966 bits per heavy atom. The van der Waals surface area contributed by atoms with E-state index in [4.69, 9.17) is 4.74 Å². The summed E-state index contributed by atoms with van der Waals surface area (Å²) in [5, 5.41) is 0. The Labute approximate surface area is 171 Å². The number of likely N-dealkylation sites (tertiary alicyclic amines) is 1. The number of rotatable bonds is 4. The number of para-hydroxylation sites is 1. The maximum absolute atomic E-state index is 13.6. The maximum atomic E-state index is 13.6. The standard InChI is InChI=1S/C24H26N2O3/c1-16-11-13-25(14-12-16)22-21(19-9-4-5-10-20(19)29-3)23(27)26(24(22)28)18-8-6-7-17(2)15-18/h4-10,15-16H,11-14H2,1-3H3. The lowest BCUT2D eigenvalue weighted by Crippen LogP contribution is -2.38.